The van der Waals surface area contributed by atoms with Crippen molar-refractivity contribution in [2.24, 2.45) is 0 Å². The van der Waals surface area contributed by atoms with Crippen LogP contribution in [0.3, 0.4) is 0 Å². The van der Waals surface area contributed by atoms with Gasteiger partial charge in [0, 0.05) is 13.1 Å². The molecule has 0 bridgehead atoms. The number of halogens is 1. The molecule has 2 N–H and O–H groups in total. The smallest absolute Gasteiger partial charge is 0.126 e. The SMILES string of the molecule is Cc1cc(CNCC2(O)CCCC2)ccc1F. The zero-order valence-electron chi connectivity index (χ0n) is 10.3. The third-order valence-electron chi connectivity index (χ3n) is 3.54. The minimum atomic E-state index is -0.519. The average molecular weight is 237 g/mol. The first-order valence-electron chi connectivity index (χ1n) is 6.27. The van der Waals surface area contributed by atoms with Crippen LogP contribution in [-0.2, 0) is 6.54 Å². The van der Waals surface area contributed by atoms with E-state index >= 15 is 0 Å². The highest BCUT2D eigenvalue weighted by molar-refractivity contribution is 5.23. The fourth-order valence-corrected chi connectivity index (χ4v) is 2.47. The van der Waals surface area contributed by atoms with Crippen molar-refractivity contribution in [2.75, 3.05) is 6.54 Å². The molecule has 2 rings (SSSR count). The third-order valence-corrected chi connectivity index (χ3v) is 3.54. The van der Waals surface area contributed by atoms with Gasteiger partial charge in [-0.15, -0.1) is 0 Å². The van der Waals surface area contributed by atoms with Gasteiger partial charge in [-0.1, -0.05) is 25.0 Å². The highest BCUT2D eigenvalue weighted by Gasteiger charge is 2.30. The second kappa shape index (κ2) is 5.15. The molecule has 3 heteroatoms. The largest absolute Gasteiger partial charge is 0.389 e. The van der Waals surface area contributed by atoms with Gasteiger partial charge in [-0.25, -0.2) is 4.39 Å². The normalized spacial score (nSPS) is 18.5. The predicted molar refractivity (Wildman–Crippen MR) is 66.3 cm³/mol. The van der Waals surface area contributed by atoms with E-state index in [9.17, 15) is 9.50 Å². The molecular weight excluding hydrogens is 217 g/mol. The molecule has 0 spiro atoms. The van der Waals surface area contributed by atoms with E-state index in [1.165, 1.54) is 6.07 Å². The standard InChI is InChI=1S/C14H20FNO/c1-11-8-12(4-5-13(11)15)9-16-10-14(17)6-2-3-7-14/h4-5,8,16-17H,2-3,6-7,9-10H2,1H3. The molecule has 1 aromatic rings. The Morgan fingerprint density at radius 2 is 2.06 bits per heavy atom. The first-order valence-corrected chi connectivity index (χ1v) is 6.27. The Bertz CT molecular complexity index is 386. The van der Waals surface area contributed by atoms with Gasteiger partial charge in [0.25, 0.3) is 0 Å². The molecule has 0 aromatic heterocycles. The number of hydrogen-bond acceptors (Lipinski definition) is 2. The molecule has 1 aromatic carbocycles. The molecule has 0 saturated heterocycles. The van der Waals surface area contributed by atoms with Crippen molar-refractivity contribution >= 4 is 0 Å². The number of rotatable bonds is 4. The van der Waals surface area contributed by atoms with Crippen molar-refractivity contribution in [3.8, 4) is 0 Å². The molecule has 1 saturated carbocycles. The Labute approximate surface area is 102 Å². The number of aliphatic hydroxyl groups is 1. The lowest BCUT2D eigenvalue weighted by Gasteiger charge is -2.22. The first-order chi connectivity index (χ1) is 8.09. The molecule has 2 nitrogen and oxygen atoms in total. The van der Waals surface area contributed by atoms with Crippen LogP contribution in [0.5, 0.6) is 0 Å². The lowest BCUT2D eigenvalue weighted by molar-refractivity contribution is 0.0475. The number of nitrogens with one attached hydrogen (secondary N) is 1. The summed E-state index contributed by atoms with van der Waals surface area (Å²) < 4.78 is 13.1. The molecule has 0 radical (unpaired) electrons. The summed E-state index contributed by atoms with van der Waals surface area (Å²) in [7, 11) is 0. The summed E-state index contributed by atoms with van der Waals surface area (Å²) in [6.07, 6.45) is 4.02. The Kier molecular flexibility index (Phi) is 3.79. The van der Waals surface area contributed by atoms with E-state index in [2.05, 4.69) is 5.32 Å². The Balaban J connectivity index is 1.83. The summed E-state index contributed by atoms with van der Waals surface area (Å²) in [6, 6.07) is 5.13. The molecule has 0 atom stereocenters. The van der Waals surface area contributed by atoms with E-state index in [0.717, 1.165) is 31.2 Å². The molecule has 0 amide bonds. The molecule has 17 heavy (non-hydrogen) atoms. The summed E-state index contributed by atoms with van der Waals surface area (Å²) in [5.41, 5.74) is 1.21. The summed E-state index contributed by atoms with van der Waals surface area (Å²) >= 11 is 0. The molecule has 1 aliphatic rings. The Morgan fingerprint density at radius 3 is 2.71 bits per heavy atom. The highest BCUT2D eigenvalue weighted by atomic mass is 19.1. The lowest BCUT2D eigenvalue weighted by Crippen LogP contribution is -2.37. The van der Waals surface area contributed by atoms with Gasteiger partial charge in [-0.2, -0.15) is 0 Å². The van der Waals surface area contributed by atoms with Crippen molar-refractivity contribution in [1.29, 1.82) is 0 Å². The van der Waals surface area contributed by atoms with Gasteiger partial charge in [0.2, 0.25) is 0 Å². The maximum absolute atomic E-state index is 13.1. The highest BCUT2D eigenvalue weighted by Crippen LogP contribution is 2.28. The quantitative estimate of drug-likeness (QED) is 0.843. The van der Waals surface area contributed by atoms with Crippen molar-refractivity contribution in [2.45, 2.75) is 44.8 Å². The number of hydrogen-bond donors (Lipinski definition) is 2. The predicted octanol–water partition coefficient (Wildman–Crippen LogP) is 2.53. The van der Waals surface area contributed by atoms with Crippen LogP contribution in [0.1, 0.15) is 36.8 Å². The van der Waals surface area contributed by atoms with Crippen molar-refractivity contribution in [3.05, 3.63) is 35.1 Å². The zero-order chi connectivity index (χ0) is 12.3. The van der Waals surface area contributed by atoms with Gasteiger partial charge in [0.1, 0.15) is 5.82 Å². The molecule has 0 aliphatic heterocycles. The van der Waals surface area contributed by atoms with Gasteiger partial charge < -0.3 is 10.4 Å². The number of benzene rings is 1. The fraction of sp³-hybridized carbons (Fsp3) is 0.571. The average Bonchev–Trinajstić information content (AvgIpc) is 2.71. The van der Waals surface area contributed by atoms with Gasteiger partial charge in [-0.3, -0.25) is 0 Å². The number of aryl methyl sites for hydroxylation is 1. The van der Waals surface area contributed by atoms with Crippen molar-refractivity contribution < 1.29 is 9.50 Å². The minimum Gasteiger partial charge on any atom is -0.389 e. The van der Waals surface area contributed by atoms with E-state index in [0.29, 0.717) is 18.7 Å². The van der Waals surface area contributed by atoms with E-state index < -0.39 is 5.60 Å². The maximum atomic E-state index is 13.1. The van der Waals surface area contributed by atoms with Crippen molar-refractivity contribution in [1.82, 2.24) is 5.32 Å². The third kappa shape index (κ3) is 3.27. The van der Waals surface area contributed by atoms with Gasteiger partial charge in [0.05, 0.1) is 5.60 Å². The maximum Gasteiger partial charge on any atom is 0.126 e. The minimum absolute atomic E-state index is 0.164. The van der Waals surface area contributed by atoms with Crippen LogP contribution in [0.15, 0.2) is 18.2 Å². The van der Waals surface area contributed by atoms with Gasteiger partial charge in [0.15, 0.2) is 0 Å². The molecular formula is C14H20FNO. The summed E-state index contributed by atoms with van der Waals surface area (Å²) in [4.78, 5) is 0. The van der Waals surface area contributed by atoms with Crippen LogP contribution in [0.2, 0.25) is 0 Å². The first kappa shape index (κ1) is 12.5. The molecule has 0 unspecified atom stereocenters. The molecule has 1 fully saturated rings. The summed E-state index contributed by atoms with van der Waals surface area (Å²) in [6.45, 7) is 3.08. The zero-order valence-corrected chi connectivity index (χ0v) is 10.3. The van der Waals surface area contributed by atoms with E-state index in [1.54, 1.807) is 13.0 Å². The lowest BCUT2D eigenvalue weighted by atomic mass is 10.0. The van der Waals surface area contributed by atoms with Crippen LogP contribution in [0.4, 0.5) is 4.39 Å². The Hall–Kier alpha value is -0.930. The monoisotopic (exact) mass is 237 g/mol. The second-order valence-electron chi connectivity index (χ2n) is 5.12. The van der Waals surface area contributed by atoms with Crippen molar-refractivity contribution in [3.63, 3.8) is 0 Å². The van der Waals surface area contributed by atoms with Crippen LogP contribution >= 0.6 is 0 Å². The van der Waals surface area contributed by atoms with Crippen LogP contribution in [0.25, 0.3) is 0 Å². The van der Waals surface area contributed by atoms with Crippen LogP contribution in [-0.4, -0.2) is 17.3 Å². The molecule has 94 valence electrons. The van der Waals surface area contributed by atoms with E-state index in [-0.39, 0.29) is 5.82 Å². The molecule has 1 aliphatic carbocycles. The van der Waals surface area contributed by atoms with E-state index in [4.69, 9.17) is 0 Å². The van der Waals surface area contributed by atoms with Crippen LogP contribution < -0.4 is 5.32 Å². The van der Waals surface area contributed by atoms with Gasteiger partial charge in [-0.05, 0) is 37.0 Å². The van der Waals surface area contributed by atoms with Gasteiger partial charge >= 0.3 is 0 Å². The topological polar surface area (TPSA) is 32.3 Å². The van der Waals surface area contributed by atoms with Crippen LogP contribution in [0, 0.1) is 12.7 Å². The van der Waals surface area contributed by atoms with E-state index in [1.807, 2.05) is 6.07 Å². The Morgan fingerprint density at radius 1 is 1.35 bits per heavy atom. The summed E-state index contributed by atoms with van der Waals surface area (Å²) in [5, 5.41) is 13.4. The fourth-order valence-electron chi connectivity index (χ4n) is 2.47. The molecule has 0 heterocycles. The second-order valence-corrected chi connectivity index (χ2v) is 5.12. The summed E-state index contributed by atoms with van der Waals surface area (Å²) in [5.74, 6) is -0.164.